The van der Waals surface area contributed by atoms with Gasteiger partial charge in [0.25, 0.3) is 0 Å². The molecule has 0 radical (unpaired) electrons. The van der Waals surface area contributed by atoms with E-state index in [1.165, 1.54) is 11.1 Å². The lowest BCUT2D eigenvalue weighted by Gasteiger charge is -2.27. The first-order chi connectivity index (χ1) is 9.36. The second kappa shape index (κ2) is 5.29. The van der Waals surface area contributed by atoms with Gasteiger partial charge in [0.2, 0.25) is 0 Å². The first-order valence-electron chi connectivity index (χ1n) is 6.81. The molecule has 0 aliphatic rings. The molecule has 2 heteroatoms. The predicted molar refractivity (Wildman–Crippen MR) is 82.3 cm³/mol. The van der Waals surface area contributed by atoms with Gasteiger partial charge in [-0.05, 0) is 56.5 Å². The highest BCUT2D eigenvalue weighted by atomic mass is 16.5. The molecule has 0 bridgehead atoms. The molecule has 0 spiro atoms. The van der Waals surface area contributed by atoms with Crippen LogP contribution in [0.15, 0.2) is 36.4 Å². The molecular weight excluding hydrogens is 248 g/mol. The first-order valence-corrected chi connectivity index (χ1v) is 6.81. The van der Waals surface area contributed by atoms with E-state index in [1.54, 1.807) is 7.11 Å². The van der Waals surface area contributed by atoms with Crippen molar-refractivity contribution < 1.29 is 9.84 Å². The van der Waals surface area contributed by atoms with Crippen LogP contribution in [0.3, 0.4) is 0 Å². The molecule has 0 amide bonds. The molecule has 0 saturated heterocycles. The molecule has 1 atom stereocenters. The maximum atomic E-state index is 11.0. The maximum Gasteiger partial charge on any atom is 0.125 e. The van der Waals surface area contributed by atoms with Crippen LogP contribution in [0.25, 0.3) is 0 Å². The van der Waals surface area contributed by atoms with Crippen molar-refractivity contribution in [3.05, 3.63) is 64.2 Å². The van der Waals surface area contributed by atoms with Crippen LogP contribution in [-0.2, 0) is 5.60 Å². The molecule has 0 aliphatic heterocycles. The summed E-state index contributed by atoms with van der Waals surface area (Å²) in [5.41, 5.74) is 4.10. The van der Waals surface area contributed by atoms with Crippen LogP contribution in [0.5, 0.6) is 5.75 Å². The second-order valence-electron chi connectivity index (χ2n) is 5.57. The highest BCUT2D eigenvalue weighted by Crippen LogP contribution is 2.36. The Morgan fingerprint density at radius 1 is 0.950 bits per heavy atom. The number of benzene rings is 2. The maximum absolute atomic E-state index is 11.0. The van der Waals surface area contributed by atoms with Crippen LogP contribution in [0.2, 0.25) is 0 Å². The largest absolute Gasteiger partial charge is 0.496 e. The van der Waals surface area contributed by atoms with Gasteiger partial charge in [-0.3, -0.25) is 0 Å². The summed E-state index contributed by atoms with van der Waals surface area (Å²) >= 11 is 0. The molecule has 0 aromatic heterocycles. The molecule has 2 nitrogen and oxygen atoms in total. The van der Waals surface area contributed by atoms with Crippen molar-refractivity contribution in [1.29, 1.82) is 0 Å². The number of aryl methyl sites for hydroxylation is 3. The van der Waals surface area contributed by atoms with Crippen molar-refractivity contribution in [1.82, 2.24) is 0 Å². The summed E-state index contributed by atoms with van der Waals surface area (Å²) in [6.07, 6.45) is 0. The van der Waals surface area contributed by atoms with Crippen LogP contribution < -0.4 is 4.74 Å². The van der Waals surface area contributed by atoms with E-state index in [-0.39, 0.29) is 0 Å². The molecule has 0 aliphatic carbocycles. The van der Waals surface area contributed by atoms with Gasteiger partial charge in [-0.2, -0.15) is 0 Å². The Balaban J connectivity index is 2.59. The topological polar surface area (TPSA) is 29.5 Å². The highest BCUT2D eigenvalue weighted by molar-refractivity contribution is 5.47. The molecule has 0 fully saturated rings. The molecule has 0 saturated carbocycles. The van der Waals surface area contributed by atoms with Crippen LogP contribution in [0, 0.1) is 20.8 Å². The fraction of sp³-hybridized carbons (Fsp3) is 0.333. The summed E-state index contributed by atoms with van der Waals surface area (Å²) in [5.74, 6) is 0.707. The van der Waals surface area contributed by atoms with Crippen LogP contribution in [0.1, 0.15) is 34.7 Å². The fourth-order valence-corrected chi connectivity index (χ4v) is 2.40. The van der Waals surface area contributed by atoms with Crippen molar-refractivity contribution in [3.63, 3.8) is 0 Å². The molecule has 2 rings (SSSR count). The smallest absolute Gasteiger partial charge is 0.125 e. The summed E-state index contributed by atoms with van der Waals surface area (Å²) in [5, 5.41) is 11.0. The Hall–Kier alpha value is -1.80. The normalized spacial score (nSPS) is 13.9. The van der Waals surface area contributed by atoms with E-state index in [0.29, 0.717) is 5.75 Å². The van der Waals surface area contributed by atoms with Gasteiger partial charge in [0.05, 0.1) is 7.11 Å². The Kier molecular flexibility index (Phi) is 3.87. The third-order valence-corrected chi connectivity index (χ3v) is 3.95. The average molecular weight is 270 g/mol. The van der Waals surface area contributed by atoms with E-state index in [2.05, 4.69) is 13.8 Å². The Labute approximate surface area is 121 Å². The lowest BCUT2D eigenvalue weighted by Crippen LogP contribution is -2.24. The zero-order valence-corrected chi connectivity index (χ0v) is 12.8. The third-order valence-electron chi connectivity index (χ3n) is 3.95. The van der Waals surface area contributed by atoms with Crippen molar-refractivity contribution in [2.24, 2.45) is 0 Å². The summed E-state index contributed by atoms with van der Waals surface area (Å²) < 4.78 is 5.40. The number of hydrogen-bond donors (Lipinski definition) is 1. The number of methoxy groups -OCH3 is 1. The van der Waals surface area contributed by atoms with Gasteiger partial charge in [0, 0.05) is 5.56 Å². The Bertz CT molecular complexity index is 627. The number of rotatable bonds is 3. The molecule has 106 valence electrons. The van der Waals surface area contributed by atoms with Gasteiger partial charge in [0.15, 0.2) is 0 Å². The minimum Gasteiger partial charge on any atom is -0.496 e. The minimum absolute atomic E-state index is 0.707. The van der Waals surface area contributed by atoms with Crippen LogP contribution in [-0.4, -0.2) is 12.2 Å². The third kappa shape index (κ3) is 2.56. The van der Waals surface area contributed by atoms with Crippen molar-refractivity contribution in [3.8, 4) is 5.75 Å². The first kappa shape index (κ1) is 14.6. The van der Waals surface area contributed by atoms with E-state index in [1.807, 2.05) is 50.2 Å². The second-order valence-corrected chi connectivity index (χ2v) is 5.57. The Morgan fingerprint density at radius 3 is 2.25 bits per heavy atom. The zero-order chi connectivity index (χ0) is 14.9. The quantitative estimate of drug-likeness (QED) is 0.917. The highest BCUT2D eigenvalue weighted by Gasteiger charge is 2.29. The van der Waals surface area contributed by atoms with E-state index in [9.17, 15) is 5.11 Å². The summed E-state index contributed by atoms with van der Waals surface area (Å²) in [6.45, 7) is 7.96. The summed E-state index contributed by atoms with van der Waals surface area (Å²) in [7, 11) is 1.63. The molecule has 2 aromatic carbocycles. The molecule has 20 heavy (non-hydrogen) atoms. The van der Waals surface area contributed by atoms with Gasteiger partial charge in [-0.15, -0.1) is 0 Å². The summed E-state index contributed by atoms with van der Waals surface area (Å²) in [4.78, 5) is 0. The van der Waals surface area contributed by atoms with E-state index >= 15 is 0 Å². The van der Waals surface area contributed by atoms with Gasteiger partial charge >= 0.3 is 0 Å². The number of hydrogen-bond acceptors (Lipinski definition) is 2. The van der Waals surface area contributed by atoms with Crippen molar-refractivity contribution in [2.75, 3.05) is 7.11 Å². The molecule has 1 N–H and O–H groups in total. The predicted octanol–water partition coefficient (Wildman–Crippen LogP) is 3.88. The SMILES string of the molecule is COc1ccc(C)cc1C(C)(O)c1ccc(C)c(C)c1. The van der Waals surface area contributed by atoms with Gasteiger partial charge in [-0.25, -0.2) is 0 Å². The van der Waals surface area contributed by atoms with E-state index in [4.69, 9.17) is 4.74 Å². The van der Waals surface area contributed by atoms with Crippen molar-refractivity contribution >= 4 is 0 Å². The molecular formula is C18H22O2. The zero-order valence-electron chi connectivity index (χ0n) is 12.8. The average Bonchev–Trinajstić information content (AvgIpc) is 2.41. The standard InChI is InChI=1S/C18H22O2/c1-12-6-9-17(20-5)16(10-12)18(4,19)15-8-7-13(2)14(3)11-15/h6-11,19H,1-5H3. The molecule has 0 heterocycles. The monoisotopic (exact) mass is 270 g/mol. The Morgan fingerprint density at radius 2 is 1.65 bits per heavy atom. The number of aliphatic hydroxyl groups is 1. The lowest BCUT2D eigenvalue weighted by atomic mass is 9.85. The van der Waals surface area contributed by atoms with Gasteiger partial charge < -0.3 is 9.84 Å². The number of ether oxygens (including phenoxy) is 1. The fourth-order valence-electron chi connectivity index (χ4n) is 2.40. The van der Waals surface area contributed by atoms with Crippen molar-refractivity contribution in [2.45, 2.75) is 33.3 Å². The van der Waals surface area contributed by atoms with Gasteiger partial charge in [-0.1, -0.05) is 29.8 Å². The molecule has 1 unspecified atom stereocenters. The van der Waals surface area contributed by atoms with E-state index < -0.39 is 5.60 Å². The van der Waals surface area contributed by atoms with Crippen LogP contribution >= 0.6 is 0 Å². The van der Waals surface area contributed by atoms with E-state index in [0.717, 1.165) is 16.7 Å². The lowest BCUT2D eigenvalue weighted by molar-refractivity contribution is 0.0988. The van der Waals surface area contributed by atoms with Gasteiger partial charge in [0.1, 0.15) is 11.4 Å². The summed E-state index contributed by atoms with van der Waals surface area (Å²) in [6, 6.07) is 11.9. The minimum atomic E-state index is -1.07. The molecule has 2 aromatic rings. The van der Waals surface area contributed by atoms with Crippen LogP contribution in [0.4, 0.5) is 0 Å².